The summed E-state index contributed by atoms with van der Waals surface area (Å²) in [7, 11) is 0. The number of halogens is 1. The van der Waals surface area contributed by atoms with Crippen molar-refractivity contribution in [2.24, 2.45) is 0 Å². The standard InChI is InChI=1S/C24H19FN6/c25-19-6-4-18(5-7-19)23-22(21-10-11-27-24(30-21)29-20-8-9-20)28-15-31(23)14-17-3-1-2-16(12-17)13-26/h1-7,10-12,15,20H,8-9,14H2,(H,27,29,30). The number of rotatable bonds is 6. The van der Waals surface area contributed by atoms with Crippen molar-refractivity contribution in [1.82, 2.24) is 19.5 Å². The van der Waals surface area contributed by atoms with Crippen LogP contribution < -0.4 is 5.32 Å². The average Bonchev–Trinajstić information content (AvgIpc) is 3.52. The smallest absolute Gasteiger partial charge is 0.223 e. The van der Waals surface area contributed by atoms with Crippen LogP contribution in [0, 0.1) is 17.1 Å². The molecule has 0 aliphatic heterocycles. The van der Waals surface area contributed by atoms with Gasteiger partial charge in [0.05, 0.1) is 29.3 Å². The highest BCUT2D eigenvalue weighted by atomic mass is 19.1. The van der Waals surface area contributed by atoms with E-state index < -0.39 is 0 Å². The molecule has 1 aliphatic carbocycles. The zero-order chi connectivity index (χ0) is 21.2. The highest BCUT2D eigenvalue weighted by molar-refractivity contribution is 5.77. The first-order valence-electron chi connectivity index (χ1n) is 10.1. The Balaban J connectivity index is 1.58. The summed E-state index contributed by atoms with van der Waals surface area (Å²) < 4.78 is 15.6. The van der Waals surface area contributed by atoms with E-state index in [4.69, 9.17) is 0 Å². The van der Waals surface area contributed by atoms with Crippen LogP contribution in [0.15, 0.2) is 67.1 Å². The number of nitriles is 1. The number of hydrogen-bond acceptors (Lipinski definition) is 5. The summed E-state index contributed by atoms with van der Waals surface area (Å²) in [6, 6.07) is 18.3. The highest BCUT2D eigenvalue weighted by Gasteiger charge is 2.23. The van der Waals surface area contributed by atoms with Gasteiger partial charge in [0.25, 0.3) is 0 Å². The normalized spacial score (nSPS) is 13.0. The summed E-state index contributed by atoms with van der Waals surface area (Å²) in [5.41, 5.74) is 4.64. The molecule has 6 nitrogen and oxygen atoms in total. The molecular formula is C24H19FN6. The number of nitrogens with zero attached hydrogens (tertiary/aromatic N) is 5. The van der Waals surface area contributed by atoms with Crippen molar-refractivity contribution in [3.05, 3.63) is 84.1 Å². The van der Waals surface area contributed by atoms with E-state index in [0.717, 1.165) is 29.7 Å². The molecular weight excluding hydrogens is 391 g/mol. The number of anilines is 1. The summed E-state index contributed by atoms with van der Waals surface area (Å²) in [5, 5.41) is 12.5. The van der Waals surface area contributed by atoms with Gasteiger partial charge in [-0.1, -0.05) is 12.1 Å². The quantitative estimate of drug-likeness (QED) is 0.501. The molecule has 2 aromatic heterocycles. The SMILES string of the molecule is N#Cc1cccc(Cn2cnc(-c3ccnc(NC4CC4)n3)c2-c2ccc(F)cc2)c1. The molecule has 2 heterocycles. The molecule has 1 N–H and O–H groups in total. The van der Waals surface area contributed by atoms with Crippen molar-refractivity contribution in [3.8, 4) is 28.7 Å². The third-order valence-corrected chi connectivity index (χ3v) is 5.17. The Labute approximate surface area is 179 Å². The Morgan fingerprint density at radius 2 is 1.94 bits per heavy atom. The van der Waals surface area contributed by atoms with Gasteiger partial charge >= 0.3 is 0 Å². The van der Waals surface area contributed by atoms with E-state index in [9.17, 15) is 9.65 Å². The van der Waals surface area contributed by atoms with E-state index in [-0.39, 0.29) is 5.82 Å². The molecule has 152 valence electrons. The van der Waals surface area contributed by atoms with Crippen LogP contribution in [-0.2, 0) is 6.54 Å². The van der Waals surface area contributed by atoms with Gasteiger partial charge < -0.3 is 9.88 Å². The number of imidazole rings is 1. The number of hydrogen-bond donors (Lipinski definition) is 1. The van der Waals surface area contributed by atoms with E-state index in [1.807, 2.05) is 28.8 Å². The number of nitrogens with one attached hydrogen (secondary N) is 1. The van der Waals surface area contributed by atoms with Crippen LogP contribution >= 0.6 is 0 Å². The first-order valence-corrected chi connectivity index (χ1v) is 10.1. The summed E-state index contributed by atoms with van der Waals surface area (Å²) in [6.45, 7) is 0.521. The monoisotopic (exact) mass is 410 g/mol. The first kappa shape index (κ1) is 18.9. The fraction of sp³-hybridized carbons (Fsp3) is 0.167. The van der Waals surface area contributed by atoms with Crippen LogP contribution in [0.25, 0.3) is 22.6 Å². The summed E-state index contributed by atoms with van der Waals surface area (Å²) in [4.78, 5) is 13.6. The van der Waals surface area contributed by atoms with Gasteiger partial charge in [-0.15, -0.1) is 0 Å². The molecule has 0 amide bonds. The molecule has 1 aliphatic rings. The molecule has 1 saturated carbocycles. The number of benzene rings is 2. The Kier molecular flexibility index (Phi) is 4.89. The maximum Gasteiger partial charge on any atom is 0.223 e. The molecule has 0 unspecified atom stereocenters. The van der Waals surface area contributed by atoms with Crippen molar-refractivity contribution < 1.29 is 4.39 Å². The Bertz CT molecular complexity index is 1270. The number of aromatic nitrogens is 4. The highest BCUT2D eigenvalue weighted by Crippen LogP contribution is 2.32. The van der Waals surface area contributed by atoms with Crippen LogP contribution in [-0.4, -0.2) is 25.6 Å². The minimum Gasteiger partial charge on any atom is -0.351 e. The second-order valence-electron chi connectivity index (χ2n) is 7.57. The van der Waals surface area contributed by atoms with Gasteiger partial charge in [-0.3, -0.25) is 0 Å². The van der Waals surface area contributed by atoms with Crippen molar-refractivity contribution in [2.75, 3.05) is 5.32 Å². The molecule has 0 saturated heterocycles. The second-order valence-corrected chi connectivity index (χ2v) is 7.57. The average molecular weight is 410 g/mol. The fourth-order valence-corrected chi connectivity index (χ4v) is 3.51. The Morgan fingerprint density at radius 3 is 2.71 bits per heavy atom. The zero-order valence-corrected chi connectivity index (χ0v) is 16.7. The summed E-state index contributed by atoms with van der Waals surface area (Å²) in [5.74, 6) is 0.289. The second kappa shape index (κ2) is 8.00. The van der Waals surface area contributed by atoms with Crippen LogP contribution in [0.4, 0.5) is 10.3 Å². The zero-order valence-electron chi connectivity index (χ0n) is 16.7. The van der Waals surface area contributed by atoms with Crippen LogP contribution in [0.3, 0.4) is 0 Å². The molecule has 0 bridgehead atoms. The predicted molar refractivity (Wildman–Crippen MR) is 116 cm³/mol. The van der Waals surface area contributed by atoms with Gasteiger partial charge in [-0.2, -0.15) is 5.26 Å². The molecule has 0 radical (unpaired) electrons. The molecule has 1 fully saturated rings. The molecule has 0 atom stereocenters. The first-order chi connectivity index (χ1) is 15.2. The predicted octanol–water partition coefficient (Wildman–Crippen LogP) is 4.64. The summed E-state index contributed by atoms with van der Waals surface area (Å²) in [6.07, 6.45) is 5.73. The topological polar surface area (TPSA) is 79.4 Å². The van der Waals surface area contributed by atoms with E-state index in [1.54, 1.807) is 30.7 Å². The van der Waals surface area contributed by atoms with E-state index >= 15 is 0 Å². The van der Waals surface area contributed by atoms with Crippen molar-refractivity contribution in [2.45, 2.75) is 25.4 Å². The molecule has 7 heteroatoms. The fourth-order valence-electron chi connectivity index (χ4n) is 3.51. The van der Waals surface area contributed by atoms with Crippen LogP contribution in [0.2, 0.25) is 0 Å². The molecule has 4 aromatic rings. The Hall–Kier alpha value is -4.05. The Morgan fingerprint density at radius 1 is 1.10 bits per heavy atom. The van der Waals surface area contributed by atoms with Gasteiger partial charge in [0, 0.05) is 24.3 Å². The minimum atomic E-state index is -0.295. The molecule has 31 heavy (non-hydrogen) atoms. The van der Waals surface area contributed by atoms with E-state index in [0.29, 0.717) is 35.5 Å². The van der Waals surface area contributed by atoms with Crippen molar-refractivity contribution in [1.29, 1.82) is 5.26 Å². The third-order valence-electron chi connectivity index (χ3n) is 5.17. The van der Waals surface area contributed by atoms with Crippen LogP contribution in [0.1, 0.15) is 24.0 Å². The lowest BCUT2D eigenvalue weighted by Crippen LogP contribution is -2.06. The van der Waals surface area contributed by atoms with Crippen molar-refractivity contribution in [3.63, 3.8) is 0 Å². The lowest BCUT2D eigenvalue weighted by Gasteiger charge is -2.11. The van der Waals surface area contributed by atoms with Crippen LogP contribution in [0.5, 0.6) is 0 Å². The third kappa shape index (κ3) is 4.14. The molecule has 5 rings (SSSR count). The molecule has 2 aromatic carbocycles. The lowest BCUT2D eigenvalue weighted by molar-refractivity contribution is 0.628. The van der Waals surface area contributed by atoms with Gasteiger partial charge in [-0.25, -0.2) is 19.3 Å². The lowest BCUT2D eigenvalue weighted by atomic mass is 10.1. The van der Waals surface area contributed by atoms with Gasteiger partial charge in [0.1, 0.15) is 11.5 Å². The minimum absolute atomic E-state index is 0.295. The maximum atomic E-state index is 13.6. The summed E-state index contributed by atoms with van der Waals surface area (Å²) >= 11 is 0. The maximum absolute atomic E-state index is 13.6. The van der Waals surface area contributed by atoms with Gasteiger partial charge in [0.2, 0.25) is 5.95 Å². The van der Waals surface area contributed by atoms with Gasteiger partial charge in [-0.05, 0) is 60.9 Å². The largest absolute Gasteiger partial charge is 0.351 e. The van der Waals surface area contributed by atoms with E-state index in [1.165, 1.54) is 12.1 Å². The van der Waals surface area contributed by atoms with Gasteiger partial charge in [0.15, 0.2) is 0 Å². The van der Waals surface area contributed by atoms with Crippen molar-refractivity contribution >= 4 is 5.95 Å². The molecule has 0 spiro atoms. The van der Waals surface area contributed by atoms with E-state index in [2.05, 4.69) is 26.3 Å².